The highest BCUT2D eigenvalue weighted by Gasteiger charge is 2.18. The summed E-state index contributed by atoms with van der Waals surface area (Å²) in [5.74, 6) is -1.12. The number of aliphatic hydroxyl groups is 1. The smallest absolute Gasteiger partial charge is 0.342 e. The molecule has 1 aliphatic rings. The fourth-order valence-corrected chi connectivity index (χ4v) is 2.43. The van der Waals surface area contributed by atoms with Crippen molar-refractivity contribution >= 4 is 29.4 Å². The molecule has 23 heavy (non-hydrogen) atoms. The van der Waals surface area contributed by atoms with Gasteiger partial charge in [-0.15, -0.1) is 0 Å². The summed E-state index contributed by atoms with van der Waals surface area (Å²) in [6.07, 6.45) is 5.97. The zero-order valence-electron chi connectivity index (χ0n) is 12.4. The molecule has 0 amide bonds. The first-order valence-electron chi connectivity index (χ1n) is 7.21. The zero-order chi connectivity index (χ0) is 16.8. The van der Waals surface area contributed by atoms with Crippen LogP contribution in [0.25, 0.3) is 6.08 Å². The number of ketones is 1. The predicted octanol–water partition coefficient (Wildman–Crippen LogP) is 2.89. The van der Waals surface area contributed by atoms with Crippen molar-refractivity contribution in [1.82, 2.24) is 0 Å². The van der Waals surface area contributed by atoms with E-state index in [-0.39, 0.29) is 41.6 Å². The van der Waals surface area contributed by atoms with Crippen molar-refractivity contribution in [2.24, 2.45) is 0 Å². The van der Waals surface area contributed by atoms with Crippen molar-refractivity contribution in [3.63, 3.8) is 0 Å². The van der Waals surface area contributed by atoms with Crippen molar-refractivity contribution in [3.8, 4) is 5.75 Å². The monoisotopic (exact) mass is 336 g/mol. The predicted molar refractivity (Wildman–Crippen MR) is 86.4 cm³/mol. The number of carbonyl (C=O) groups excluding carboxylic acids is 2. The molecular weight excluding hydrogens is 320 g/mol. The molecule has 2 N–H and O–H groups in total. The summed E-state index contributed by atoms with van der Waals surface area (Å²) in [7, 11) is 0. The summed E-state index contributed by atoms with van der Waals surface area (Å²) in [6.45, 7) is 0.0797. The summed E-state index contributed by atoms with van der Waals surface area (Å²) < 4.78 is 5.10. The zero-order valence-corrected chi connectivity index (χ0v) is 13.1. The van der Waals surface area contributed by atoms with Crippen LogP contribution in [-0.2, 0) is 9.53 Å². The van der Waals surface area contributed by atoms with Crippen molar-refractivity contribution in [1.29, 1.82) is 0 Å². The van der Waals surface area contributed by atoms with Crippen LogP contribution >= 0.6 is 11.6 Å². The largest absolute Gasteiger partial charge is 0.507 e. The first-order chi connectivity index (χ1) is 11.0. The average Bonchev–Trinajstić information content (AvgIpc) is 2.45. The maximum atomic E-state index is 12.1. The lowest BCUT2D eigenvalue weighted by Gasteiger charge is -2.10. The maximum Gasteiger partial charge on any atom is 0.342 e. The average molecular weight is 337 g/mol. The van der Waals surface area contributed by atoms with Gasteiger partial charge in [-0.2, -0.15) is 0 Å². The molecule has 0 saturated heterocycles. The first-order valence-corrected chi connectivity index (χ1v) is 7.59. The first kappa shape index (κ1) is 17.2. The number of aliphatic hydroxyl groups excluding tert-OH is 1. The fraction of sp³-hybridized carbons (Fsp3) is 0.294. The molecule has 122 valence electrons. The molecule has 0 spiro atoms. The summed E-state index contributed by atoms with van der Waals surface area (Å²) in [5.41, 5.74) is 0.420. The molecule has 6 heteroatoms. The van der Waals surface area contributed by atoms with E-state index in [4.69, 9.17) is 16.3 Å². The quantitative estimate of drug-likeness (QED) is 0.712. The number of phenols is 1. The third-order valence-corrected chi connectivity index (χ3v) is 3.50. The molecule has 0 unspecified atom stereocenters. The van der Waals surface area contributed by atoms with E-state index < -0.39 is 12.1 Å². The number of esters is 1. The fourth-order valence-electron chi connectivity index (χ4n) is 2.21. The minimum Gasteiger partial charge on any atom is -0.507 e. The molecule has 0 saturated carbocycles. The second kappa shape index (κ2) is 7.94. The van der Waals surface area contributed by atoms with Crippen LogP contribution in [0.4, 0.5) is 0 Å². The van der Waals surface area contributed by atoms with E-state index in [0.29, 0.717) is 12.0 Å². The molecule has 0 fully saturated rings. The second-order valence-electron chi connectivity index (χ2n) is 5.18. The number of halogens is 1. The summed E-state index contributed by atoms with van der Waals surface area (Å²) in [6, 6.07) is 2.80. The number of hydrogen-bond donors (Lipinski definition) is 2. The topological polar surface area (TPSA) is 83.8 Å². The minimum absolute atomic E-state index is 0.0221. The van der Waals surface area contributed by atoms with Gasteiger partial charge in [0.25, 0.3) is 0 Å². The van der Waals surface area contributed by atoms with Gasteiger partial charge >= 0.3 is 5.97 Å². The highest BCUT2D eigenvalue weighted by Crippen LogP contribution is 2.28. The molecular formula is C17H17ClO5. The third-order valence-electron chi connectivity index (χ3n) is 3.28. The highest BCUT2D eigenvalue weighted by atomic mass is 35.5. The number of phenolic OH excluding ortho intramolecular Hbond substituents is 1. The minimum atomic E-state index is -0.811. The van der Waals surface area contributed by atoms with Crippen molar-refractivity contribution in [2.75, 3.05) is 6.61 Å². The van der Waals surface area contributed by atoms with Gasteiger partial charge in [0.2, 0.25) is 0 Å². The standard InChI is InChI=1S/C17H17ClO5/c18-12-8-11-4-3-6-14(20)10-13(19)5-1-2-7-23-17(22)16(11)15(21)9-12/h1,3-5,8-9,14,20-21H,2,6-7,10H2/b4-3+,5-1-/t14-/m0/s1. The van der Waals surface area contributed by atoms with Crippen LogP contribution in [0.15, 0.2) is 30.4 Å². The molecule has 1 aliphatic heterocycles. The number of aromatic hydroxyl groups is 1. The summed E-state index contributed by atoms with van der Waals surface area (Å²) in [5, 5.41) is 20.1. The van der Waals surface area contributed by atoms with Gasteiger partial charge in [-0.1, -0.05) is 29.8 Å². The van der Waals surface area contributed by atoms with E-state index >= 15 is 0 Å². The molecule has 1 heterocycles. The summed E-state index contributed by atoms with van der Waals surface area (Å²) >= 11 is 5.90. The summed E-state index contributed by atoms with van der Waals surface area (Å²) in [4.78, 5) is 23.7. The van der Waals surface area contributed by atoms with Crippen LogP contribution in [0.2, 0.25) is 5.02 Å². The van der Waals surface area contributed by atoms with E-state index in [0.717, 1.165) is 0 Å². The van der Waals surface area contributed by atoms with Gasteiger partial charge in [0, 0.05) is 11.4 Å². The third kappa shape index (κ3) is 4.94. The number of carbonyl (C=O) groups is 2. The Morgan fingerprint density at radius 1 is 1.17 bits per heavy atom. The highest BCUT2D eigenvalue weighted by molar-refractivity contribution is 6.31. The molecule has 2 rings (SSSR count). The number of rotatable bonds is 0. The molecule has 0 aromatic heterocycles. The molecule has 0 bridgehead atoms. The van der Waals surface area contributed by atoms with E-state index in [2.05, 4.69) is 0 Å². The maximum absolute atomic E-state index is 12.1. The molecule has 5 nitrogen and oxygen atoms in total. The lowest BCUT2D eigenvalue weighted by Crippen LogP contribution is -2.11. The van der Waals surface area contributed by atoms with Gasteiger partial charge in [0.05, 0.1) is 12.7 Å². The van der Waals surface area contributed by atoms with Crippen molar-refractivity contribution in [2.45, 2.75) is 25.4 Å². The Labute approximate surface area is 138 Å². The molecule has 1 aromatic rings. The molecule has 0 radical (unpaired) electrons. The Hall–Kier alpha value is -2.11. The van der Waals surface area contributed by atoms with E-state index in [1.165, 1.54) is 18.2 Å². The van der Waals surface area contributed by atoms with Crippen LogP contribution in [0.5, 0.6) is 5.75 Å². The van der Waals surface area contributed by atoms with Gasteiger partial charge in [-0.25, -0.2) is 4.79 Å². The Balaban J connectivity index is 2.34. The van der Waals surface area contributed by atoms with Crippen LogP contribution in [0.1, 0.15) is 35.2 Å². The normalized spacial score (nSPS) is 22.6. The SMILES string of the molecule is O=C1/C=C\CCOC(=O)c2c(O)cc(Cl)cc2/C=C/C[C@H](O)C1. The van der Waals surface area contributed by atoms with E-state index in [1.54, 1.807) is 18.2 Å². The number of allylic oxidation sites excluding steroid dienone is 1. The Morgan fingerprint density at radius 2 is 1.96 bits per heavy atom. The number of fused-ring (bicyclic) bond motifs is 1. The lowest BCUT2D eigenvalue weighted by molar-refractivity contribution is -0.116. The van der Waals surface area contributed by atoms with Gasteiger partial charge in [-0.3, -0.25) is 4.79 Å². The number of ether oxygens (including phenoxy) is 1. The van der Waals surface area contributed by atoms with Gasteiger partial charge in [-0.05, 0) is 36.6 Å². The Kier molecular flexibility index (Phi) is 5.96. The lowest BCUT2D eigenvalue weighted by atomic mass is 10.0. The van der Waals surface area contributed by atoms with E-state index in [9.17, 15) is 19.8 Å². The second-order valence-corrected chi connectivity index (χ2v) is 5.61. The van der Waals surface area contributed by atoms with Gasteiger partial charge in [0.15, 0.2) is 5.78 Å². The van der Waals surface area contributed by atoms with Crippen LogP contribution < -0.4 is 0 Å². The Bertz CT molecular complexity index is 663. The van der Waals surface area contributed by atoms with Crippen LogP contribution in [-0.4, -0.2) is 34.7 Å². The van der Waals surface area contributed by atoms with Crippen LogP contribution in [0.3, 0.4) is 0 Å². The Morgan fingerprint density at radius 3 is 2.74 bits per heavy atom. The number of hydrogen-bond acceptors (Lipinski definition) is 5. The van der Waals surface area contributed by atoms with Crippen molar-refractivity contribution < 1.29 is 24.5 Å². The molecule has 1 atom stereocenters. The van der Waals surface area contributed by atoms with E-state index in [1.807, 2.05) is 0 Å². The molecule has 0 aliphatic carbocycles. The van der Waals surface area contributed by atoms with Crippen molar-refractivity contribution in [3.05, 3.63) is 46.5 Å². The molecule has 1 aromatic carbocycles. The van der Waals surface area contributed by atoms with Gasteiger partial charge in [0.1, 0.15) is 11.3 Å². The van der Waals surface area contributed by atoms with Crippen LogP contribution in [0, 0.1) is 0 Å². The number of cyclic esters (lactones) is 1. The number of benzene rings is 1. The van der Waals surface area contributed by atoms with Gasteiger partial charge < -0.3 is 14.9 Å².